The van der Waals surface area contributed by atoms with Gasteiger partial charge >= 0.3 is 0 Å². The van der Waals surface area contributed by atoms with Gasteiger partial charge < -0.3 is 15.5 Å². The third-order valence-corrected chi connectivity index (χ3v) is 3.10. The zero-order valence-corrected chi connectivity index (χ0v) is 14.8. The van der Waals surface area contributed by atoms with Crippen molar-refractivity contribution in [3.63, 3.8) is 0 Å². The summed E-state index contributed by atoms with van der Waals surface area (Å²) in [5.74, 6) is 0.903. The van der Waals surface area contributed by atoms with Gasteiger partial charge in [0.15, 0.2) is 5.96 Å². The Hall–Kier alpha value is -1.55. The van der Waals surface area contributed by atoms with Crippen LogP contribution in [0.1, 0.15) is 39.7 Å². The number of nitrogens with one attached hydrogen (secondary N) is 2. The molecule has 0 saturated heterocycles. The molecule has 0 radical (unpaired) electrons. The second-order valence-corrected chi connectivity index (χ2v) is 6.71. The fourth-order valence-electron chi connectivity index (χ4n) is 2.17. The van der Waals surface area contributed by atoms with Crippen LogP contribution >= 0.6 is 0 Å². The minimum atomic E-state index is 0.0328. The maximum absolute atomic E-state index is 4.65. The normalized spacial score (nSPS) is 12.5. The summed E-state index contributed by atoms with van der Waals surface area (Å²) in [6, 6.07) is 10.6. The molecule has 0 spiro atoms. The zero-order chi connectivity index (χ0) is 16.4. The fraction of sp³-hybridized carbons (Fsp3) is 0.611. The van der Waals surface area contributed by atoms with Gasteiger partial charge in [0.05, 0.1) is 0 Å². The van der Waals surface area contributed by atoms with Gasteiger partial charge in [-0.1, -0.05) is 30.3 Å². The lowest BCUT2D eigenvalue weighted by Crippen LogP contribution is -2.47. The van der Waals surface area contributed by atoms with Gasteiger partial charge in [0, 0.05) is 25.2 Å². The molecule has 4 nitrogen and oxygen atoms in total. The molecule has 124 valence electrons. The molecule has 0 saturated carbocycles. The number of aliphatic imine (C=N–C) groups is 1. The van der Waals surface area contributed by atoms with Gasteiger partial charge in [-0.25, -0.2) is 0 Å². The predicted octanol–water partition coefficient (Wildman–Crippen LogP) is 2.86. The van der Waals surface area contributed by atoms with Gasteiger partial charge in [-0.15, -0.1) is 0 Å². The summed E-state index contributed by atoms with van der Waals surface area (Å²) in [5, 5.41) is 6.70. The van der Waals surface area contributed by atoms with E-state index in [1.807, 2.05) is 0 Å². The third-order valence-electron chi connectivity index (χ3n) is 3.10. The van der Waals surface area contributed by atoms with E-state index in [9.17, 15) is 0 Å². The van der Waals surface area contributed by atoms with Crippen LogP contribution in [0.5, 0.6) is 0 Å². The first-order valence-electron chi connectivity index (χ1n) is 8.19. The fourth-order valence-corrected chi connectivity index (χ4v) is 2.17. The molecule has 2 N–H and O–H groups in total. The van der Waals surface area contributed by atoms with Crippen LogP contribution < -0.4 is 10.6 Å². The van der Waals surface area contributed by atoms with Crippen LogP contribution in [0.4, 0.5) is 0 Å². The van der Waals surface area contributed by atoms with Crippen LogP contribution in [0, 0.1) is 0 Å². The lowest BCUT2D eigenvalue weighted by atomic mass is 10.1. The standard InChI is InChI=1S/C18H32N4/c1-6-19-17(21-18(2,3)4)20-13-10-14-22(5)15-16-11-8-7-9-12-16/h7-9,11-12H,6,10,13-15H2,1-5H3,(H2,19,20,21). The van der Waals surface area contributed by atoms with Gasteiger partial charge in [0.2, 0.25) is 0 Å². The van der Waals surface area contributed by atoms with E-state index in [0.717, 1.165) is 38.6 Å². The van der Waals surface area contributed by atoms with E-state index in [4.69, 9.17) is 0 Å². The lowest BCUT2D eigenvalue weighted by Gasteiger charge is -2.24. The average molecular weight is 304 g/mol. The van der Waals surface area contributed by atoms with E-state index in [-0.39, 0.29) is 5.54 Å². The van der Waals surface area contributed by atoms with Crippen LogP contribution in [-0.4, -0.2) is 43.1 Å². The largest absolute Gasteiger partial charge is 0.357 e. The SMILES string of the molecule is CCNC(=NCCCN(C)Cc1ccccc1)NC(C)(C)C. The maximum atomic E-state index is 4.65. The van der Waals surface area contributed by atoms with E-state index in [1.165, 1.54) is 5.56 Å². The molecular formula is C18H32N4. The van der Waals surface area contributed by atoms with Crippen molar-refractivity contribution in [1.82, 2.24) is 15.5 Å². The first-order chi connectivity index (χ1) is 10.4. The molecule has 0 aliphatic heterocycles. The molecule has 0 fully saturated rings. The molecular weight excluding hydrogens is 272 g/mol. The smallest absolute Gasteiger partial charge is 0.191 e. The Balaban J connectivity index is 2.33. The Morgan fingerprint density at radius 3 is 2.45 bits per heavy atom. The van der Waals surface area contributed by atoms with Crippen LogP contribution in [-0.2, 0) is 6.54 Å². The summed E-state index contributed by atoms with van der Waals surface area (Å²) < 4.78 is 0. The molecule has 0 aliphatic carbocycles. The molecule has 0 atom stereocenters. The summed E-state index contributed by atoms with van der Waals surface area (Å²) in [6.45, 7) is 12.3. The van der Waals surface area contributed by atoms with E-state index in [2.05, 4.69) is 85.6 Å². The number of rotatable bonds is 7. The van der Waals surface area contributed by atoms with Crippen molar-refractivity contribution in [3.05, 3.63) is 35.9 Å². The quantitative estimate of drug-likeness (QED) is 0.462. The first kappa shape index (κ1) is 18.5. The number of hydrogen-bond acceptors (Lipinski definition) is 2. The molecule has 0 aliphatic rings. The van der Waals surface area contributed by atoms with Crippen LogP contribution in [0.2, 0.25) is 0 Å². The predicted molar refractivity (Wildman–Crippen MR) is 96.3 cm³/mol. The van der Waals surface area contributed by atoms with Crippen LogP contribution in [0.15, 0.2) is 35.3 Å². The van der Waals surface area contributed by atoms with Crippen molar-refractivity contribution in [3.8, 4) is 0 Å². The highest BCUT2D eigenvalue weighted by Crippen LogP contribution is 2.03. The van der Waals surface area contributed by atoms with E-state index in [0.29, 0.717) is 0 Å². The number of benzene rings is 1. The van der Waals surface area contributed by atoms with Gasteiger partial charge in [0.1, 0.15) is 0 Å². The Labute approximate surface area is 136 Å². The van der Waals surface area contributed by atoms with Crippen molar-refractivity contribution in [2.24, 2.45) is 4.99 Å². The summed E-state index contributed by atoms with van der Waals surface area (Å²) >= 11 is 0. The highest BCUT2D eigenvalue weighted by Gasteiger charge is 2.11. The second-order valence-electron chi connectivity index (χ2n) is 6.71. The highest BCUT2D eigenvalue weighted by atomic mass is 15.2. The minimum absolute atomic E-state index is 0.0328. The first-order valence-corrected chi connectivity index (χ1v) is 8.19. The monoisotopic (exact) mass is 304 g/mol. The number of guanidine groups is 1. The summed E-state index contributed by atoms with van der Waals surface area (Å²) in [4.78, 5) is 6.99. The summed E-state index contributed by atoms with van der Waals surface area (Å²) in [5.41, 5.74) is 1.39. The van der Waals surface area contributed by atoms with E-state index in [1.54, 1.807) is 0 Å². The van der Waals surface area contributed by atoms with Crippen LogP contribution in [0.3, 0.4) is 0 Å². The Morgan fingerprint density at radius 1 is 1.18 bits per heavy atom. The molecule has 1 aromatic carbocycles. The molecule has 1 aromatic rings. The van der Waals surface area contributed by atoms with Crippen molar-refractivity contribution < 1.29 is 0 Å². The third kappa shape index (κ3) is 8.67. The van der Waals surface area contributed by atoms with Crippen LogP contribution in [0.25, 0.3) is 0 Å². The Kier molecular flexibility index (Phi) is 7.96. The Morgan fingerprint density at radius 2 is 1.86 bits per heavy atom. The summed E-state index contributed by atoms with van der Waals surface area (Å²) in [6.07, 6.45) is 1.06. The van der Waals surface area contributed by atoms with E-state index < -0.39 is 0 Å². The topological polar surface area (TPSA) is 39.7 Å². The lowest BCUT2D eigenvalue weighted by molar-refractivity contribution is 0.324. The maximum Gasteiger partial charge on any atom is 0.191 e. The molecule has 0 bridgehead atoms. The van der Waals surface area contributed by atoms with Crippen molar-refractivity contribution in [1.29, 1.82) is 0 Å². The summed E-state index contributed by atoms with van der Waals surface area (Å²) in [7, 11) is 2.16. The Bertz CT molecular complexity index is 434. The van der Waals surface area contributed by atoms with Gasteiger partial charge in [-0.2, -0.15) is 0 Å². The molecule has 0 aromatic heterocycles. The molecule has 4 heteroatoms. The molecule has 0 heterocycles. The minimum Gasteiger partial charge on any atom is -0.357 e. The van der Waals surface area contributed by atoms with Gasteiger partial charge in [-0.3, -0.25) is 4.99 Å². The highest BCUT2D eigenvalue weighted by molar-refractivity contribution is 5.80. The van der Waals surface area contributed by atoms with Crippen molar-refractivity contribution in [2.75, 3.05) is 26.7 Å². The van der Waals surface area contributed by atoms with Gasteiger partial charge in [-0.05, 0) is 53.3 Å². The molecule has 0 unspecified atom stereocenters. The van der Waals surface area contributed by atoms with Crippen molar-refractivity contribution in [2.45, 2.75) is 46.2 Å². The van der Waals surface area contributed by atoms with E-state index >= 15 is 0 Å². The molecule has 22 heavy (non-hydrogen) atoms. The number of hydrogen-bond donors (Lipinski definition) is 2. The number of nitrogens with zero attached hydrogens (tertiary/aromatic N) is 2. The zero-order valence-electron chi connectivity index (χ0n) is 14.8. The molecule has 1 rings (SSSR count). The second kappa shape index (κ2) is 9.46. The van der Waals surface area contributed by atoms with Crippen molar-refractivity contribution >= 4 is 5.96 Å². The molecule has 0 amide bonds. The van der Waals surface area contributed by atoms with Gasteiger partial charge in [0.25, 0.3) is 0 Å². The average Bonchev–Trinajstić information content (AvgIpc) is 2.43.